The van der Waals surface area contributed by atoms with Crippen LogP contribution in [0, 0.1) is 13.0 Å². The van der Waals surface area contributed by atoms with E-state index in [1.165, 1.54) is 11.1 Å². The molecule has 0 saturated heterocycles. The van der Waals surface area contributed by atoms with Gasteiger partial charge < -0.3 is 10.1 Å². The average molecular weight is 240 g/mol. The summed E-state index contributed by atoms with van der Waals surface area (Å²) in [6.07, 6.45) is 0. The molecule has 1 radical (unpaired) electrons. The quantitative estimate of drug-likeness (QED) is 0.784. The summed E-state index contributed by atoms with van der Waals surface area (Å²) in [6.45, 7) is 4.50. The van der Waals surface area contributed by atoms with Crippen LogP contribution in [0.3, 0.4) is 0 Å². The molecule has 0 atom stereocenters. The fourth-order valence-electron chi connectivity index (χ4n) is 1.76. The van der Waals surface area contributed by atoms with Crippen molar-refractivity contribution in [1.29, 1.82) is 0 Å². The molecule has 0 fully saturated rings. The Morgan fingerprint density at radius 1 is 1.22 bits per heavy atom. The molecule has 1 N–H and O–H groups in total. The van der Waals surface area contributed by atoms with E-state index in [9.17, 15) is 0 Å². The highest BCUT2D eigenvalue weighted by atomic mass is 16.5. The Morgan fingerprint density at radius 3 is 2.94 bits per heavy atom. The van der Waals surface area contributed by atoms with E-state index in [0.717, 1.165) is 18.8 Å². The van der Waals surface area contributed by atoms with Crippen molar-refractivity contribution in [2.45, 2.75) is 13.5 Å². The molecule has 0 amide bonds. The molecule has 0 aliphatic carbocycles. The van der Waals surface area contributed by atoms with Crippen molar-refractivity contribution in [3.63, 3.8) is 0 Å². The first kappa shape index (κ1) is 12.7. The van der Waals surface area contributed by atoms with Crippen molar-refractivity contribution in [3.05, 3.63) is 65.7 Å². The van der Waals surface area contributed by atoms with Crippen molar-refractivity contribution in [1.82, 2.24) is 5.32 Å². The van der Waals surface area contributed by atoms with Gasteiger partial charge in [0.2, 0.25) is 0 Å². The zero-order valence-corrected chi connectivity index (χ0v) is 10.6. The van der Waals surface area contributed by atoms with E-state index < -0.39 is 0 Å². The van der Waals surface area contributed by atoms with Crippen molar-refractivity contribution in [2.24, 2.45) is 0 Å². The zero-order valence-electron chi connectivity index (χ0n) is 10.6. The van der Waals surface area contributed by atoms with E-state index in [4.69, 9.17) is 4.74 Å². The van der Waals surface area contributed by atoms with Crippen LogP contribution in [0.1, 0.15) is 11.1 Å². The maximum atomic E-state index is 5.57. The van der Waals surface area contributed by atoms with Crippen molar-refractivity contribution < 1.29 is 4.74 Å². The summed E-state index contributed by atoms with van der Waals surface area (Å²) in [6, 6.07) is 19.1. The van der Waals surface area contributed by atoms with Crippen LogP contribution in [-0.4, -0.2) is 13.2 Å². The van der Waals surface area contributed by atoms with Gasteiger partial charge in [-0.15, -0.1) is 0 Å². The first-order chi connectivity index (χ1) is 8.84. The summed E-state index contributed by atoms with van der Waals surface area (Å²) in [5.41, 5.74) is 2.61. The number of hydrogen-bond donors (Lipinski definition) is 1. The topological polar surface area (TPSA) is 21.3 Å². The minimum absolute atomic E-state index is 0.670. The molecule has 18 heavy (non-hydrogen) atoms. The van der Waals surface area contributed by atoms with E-state index in [-0.39, 0.29) is 0 Å². The van der Waals surface area contributed by atoms with Gasteiger partial charge in [0.25, 0.3) is 0 Å². The van der Waals surface area contributed by atoms with Gasteiger partial charge in [0.1, 0.15) is 12.4 Å². The first-order valence-corrected chi connectivity index (χ1v) is 6.20. The van der Waals surface area contributed by atoms with E-state index in [0.29, 0.717) is 6.61 Å². The summed E-state index contributed by atoms with van der Waals surface area (Å²) in [5.74, 6) is 0.870. The lowest BCUT2D eigenvalue weighted by Crippen LogP contribution is -2.20. The molecule has 2 aromatic carbocycles. The Kier molecular flexibility index (Phi) is 4.79. The molecular weight excluding hydrogens is 222 g/mol. The summed E-state index contributed by atoms with van der Waals surface area (Å²) in [7, 11) is 0. The van der Waals surface area contributed by atoms with Gasteiger partial charge >= 0.3 is 0 Å². The van der Waals surface area contributed by atoms with Crippen molar-refractivity contribution in [2.75, 3.05) is 13.2 Å². The normalized spacial score (nSPS) is 10.3. The zero-order chi connectivity index (χ0) is 12.6. The van der Waals surface area contributed by atoms with Crippen molar-refractivity contribution in [3.8, 4) is 5.75 Å². The van der Waals surface area contributed by atoms with E-state index in [1.54, 1.807) is 0 Å². The number of ether oxygens (including phenoxy) is 1. The molecule has 0 aromatic heterocycles. The van der Waals surface area contributed by atoms with Crippen molar-refractivity contribution >= 4 is 0 Å². The monoisotopic (exact) mass is 240 g/mol. The van der Waals surface area contributed by atoms with E-state index in [1.807, 2.05) is 24.3 Å². The van der Waals surface area contributed by atoms with E-state index >= 15 is 0 Å². The van der Waals surface area contributed by atoms with Gasteiger partial charge in [0.05, 0.1) is 0 Å². The average Bonchev–Trinajstić information content (AvgIpc) is 2.40. The molecule has 2 rings (SSSR count). The summed E-state index contributed by atoms with van der Waals surface area (Å²) >= 11 is 0. The van der Waals surface area contributed by atoms with Crippen LogP contribution in [0.25, 0.3) is 0 Å². The van der Waals surface area contributed by atoms with Crippen LogP contribution < -0.4 is 10.1 Å². The second-order valence-corrected chi connectivity index (χ2v) is 4.25. The third-order valence-corrected chi connectivity index (χ3v) is 2.64. The lowest BCUT2D eigenvalue weighted by atomic mass is 10.1. The maximum absolute atomic E-state index is 5.57. The molecular formula is C16H18NO. The minimum Gasteiger partial charge on any atom is -0.492 e. The highest BCUT2D eigenvalue weighted by Crippen LogP contribution is 2.07. The molecule has 0 aliphatic heterocycles. The van der Waals surface area contributed by atoms with Gasteiger partial charge in [-0.1, -0.05) is 42.0 Å². The second-order valence-electron chi connectivity index (χ2n) is 4.25. The van der Waals surface area contributed by atoms with Gasteiger partial charge in [-0.05, 0) is 30.7 Å². The number of nitrogens with one attached hydrogen (secondary N) is 1. The molecule has 0 heterocycles. The van der Waals surface area contributed by atoms with Gasteiger partial charge in [0.15, 0.2) is 0 Å². The molecule has 0 aliphatic rings. The number of hydrogen-bond acceptors (Lipinski definition) is 2. The molecule has 0 saturated carbocycles. The standard InChI is InChI=1S/C16H18NO/c1-14-6-5-7-15(12-14)13-17-10-11-18-16-8-3-2-4-9-16/h2-3,5-9,12,17H,10-11,13H2,1H3. The highest BCUT2D eigenvalue weighted by molar-refractivity contribution is 5.22. The summed E-state index contributed by atoms with van der Waals surface area (Å²) in [4.78, 5) is 0. The summed E-state index contributed by atoms with van der Waals surface area (Å²) < 4.78 is 5.57. The number of rotatable bonds is 6. The Labute approximate surface area is 109 Å². The molecule has 2 heteroatoms. The third kappa shape index (κ3) is 4.22. The fraction of sp³-hybridized carbons (Fsp3) is 0.250. The Balaban J connectivity index is 1.65. The van der Waals surface area contributed by atoms with Crippen LogP contribution in [0.15, 0.2) is 48.5 Å². The third-order valence-electron chi connectivity index (χ3n) is 2.64. The smallest absolute Gasteiger partial charge is 0.119 e. The number of benzene rings is 2. The summed E-state index contributed by atoms with van der Waals surface area (Å²) in [5, 5.41) is 3.36. The largest absolute Gasteiger partial charge is 0.492 e. The SMILES string of the molecule is Cc1cccc(CNCCOc2c[c]ccc2)c1. The van der Waals surface area contributed by atoms with Crippen LogP contribution in [-0.2, 0) is 6.54 Å². The lowest BCUT2D eigenvalue weighted by molar-refractivity contribution is 0.313. The lowest BCUT2D eigenvalue weighted by Gasteiger charge is -2.07. The molecule has 93 valence electrons. The minimum atomic E-state index is 0.670. The molecule has 0 unspecified atom stereocenters. The first-order valence-electron chi connectivity index (χ1n) is 6.20. The maximum Gasteiger partial charge on any atom is 0.119 e. The van der Waals surface area contributed by atoms with Crippen LogP contribution in [0.4, 0.5) is 0 Å². The highest BCUT2D eigenvalue weighted by Gasteiger charge is 1.94. The fourth-order valence-corrected chi connectivity index (χ4v) is 1.76. The van der Waals surface area contributed by atoms with Gasteiger partial charge in [0, 0.05) is 13.1 Å². The van der Waals surface area contributed by atoms with Crippen LogP contribution in [0.2, 0.25) is 0 Å². The molecule has 0 spiro atoms. The second kappa shape index (κ2) is 6.82. The van der Waals surface area contributed by atoms with E-state index in [2.05, 4.69) is 42.6 Å². The van der Waals surface area contributed by atoms with Crippen LogP contribution >= 0.6 is 0 Å². The van der Waals surface area contributed by atoms with Crippen LogP contribution in [0.5, 0.6) is 5.75 Å². The Morgan fingerprint density at radius 2 is 2.17 bits per heavy atom. The molecule has 0 bridgehead atoms. The molecule has 2 aromatic rings. The number of aryl methyl sites for hydroxylation is 1. The molecule has 2 nitrogen and oxygen atoms in total. The Hall–Kier alpha value is -1.80. The predicted octanol–water partition coefficient (Wildman–Crippen LogP) is 2.96. The van der Waals surface area contributed by atoms with Gasteiger partial charge in [-0.25, -0.2) is 0 Å². The predicted molar refractivity (Wildman–Crippen MR) is 73.7 cm³/mol. The Bertz CT molecular complexity index is 468. The van der Waals surface area contributed by atoms with Gasteiger partial charge in [-0.3, -0.25) is 0 Å². The van der Waals surface area contributed by atoms with Gasteiger partial charge in [-0.2, -0.15) is 0 Å².